The van der Waals surface area contributed by atoms with Crippen LogP contribution in [-0.2, 0) is 4.79 Å². The molecule has 1 aliphatic carbocycles. The fourth-order valence-electron chi connectivity index (χ4n) is 3.71. The molecule has 2 N–H and O–H groups in total. The Labute approximate surface area is 157 Å². The summed E-state index contributed by atoms with van der Waals surface area (Å²) in [5.74, 6) is -0.603. The van der Waals surface area contributed by atoms with Crippen molar-refractivity contribution in [1.82, 2.24) is 4.90 Å². The van der Waals surface area contributed by atoms with Crippen LogP contribution in [0.2, 0.25) is 0 Å². The van der Waals surface area contributed by atoms with Gasteiger partial charge < -0.3 is 10.6 Å². The highest BCUT2D eigenvalue weighted by Crippen LogP contribution is 2.38. The van der Waals surface area contributed by atoms with Crippen LogP contribution in [-0.4, -0.2) is 23.4 Å². The van der Waals surface area contributed by atoms with Gasteiger partial charge in [-0.3, -0.25) is 4.79 Å². The second kappa shape index (κ2) is 7.24. The van der Waals surface area contributed by atoms with E-state index in [1.54, 1.807) is 4.90 Å². The maximum atomic E-state index is 14.3. The lowest BCUT2D eigenvalue weighted by molar-refractivity contribution is -0.132. The third-order valence-corrected chi connectivity index (χ3v) is 5.41. The Morgan fingerprint density at radius 2 is 1.89 bits per heavy atom. The molecule has 1 amide bonds. The average Bonchev–Trinajstić information content (AvgIpc) is 3.43. The van der Waals surface area contributed by atoms with Gasteiger partial charge in [0.1, 0.15) is 11.6 Å². The van der Waals surface area contributed by atoms with Gasteiger partial charge in [-0.15, -0.1) is 0 Å². The molecule has 2 aliphatic rings. The van der Waals surface area contributed by atoms with E-state index in [-0.39, 0.29) is 36.5 Å². The number of nitrogens with zero attached hydrogens (tertiary/aromatic N) is 1. The van der Waals surface area contributed by atoms with Crippen molar-refractivity contribution in [3.8, 4) is 0 Å². The number of nitrogens with two attached hydrogens (primary N) is 1. The quantitative estimate of drug-likeness (QED) is 0.865. The molecule has 0 radical (unpaired) electrons. The van der Waals surface area contributed by atoms with E-state index in [9.17, 15) is 13.6 Å². The van der Waals surface area contributed by atoms with Crippen LogP contribution in [0.15, 0.2) is 54.6 Å². The van der Waals surface area contributed by atoms with Crippen LogP contribution < -0.4 is 5.73 Å². The topological polar surface area (TPSA) is 46.3 Å². The van der Waals surface area contributed by atoms with E-state index < -0.39 is 11.6 Å². The molecule has 1 aliphatic heterocycles. The first-order valence-electron chi connectivity index (χ1n) is 9.29. The highest BCUT2D eigenvalue weighted by molar-refractivity contribution is 5.83. The normalized spacial score (nSPS) is 20.5. The largest absolute Gasteiger partial charge is 0.328 e. The fraction of sp³-hybridized carbons (Fsp3) is 0.318. The van der Waals surface area contributed by atoms with Crippen LogP contribution in [0.4, 0.5) is 8.78 Å². The summed E-state index contributed by atoms with van der Waals surface area (Å²) in [5.41, 5.74) is 7.92. The van der Waals surface area contributed by atoms with Crippen molar-refractivity contribution in [3.63, 3.8) is 0 Å². The standard InChI is InChI=1S/C22H22F2N2O/c23-17-8-9-19(24)18(11-17)16-10-21(15-4-2-1-3-5-15)26(13-16)22(27)12-20(25)14-6-7-14/h1-5,8-11,14,20-21H,6-7,12-13,25H2. The summed E-state index contributed by atoms with van der Waals surface area (Å²) in [6, 6.07) is 12.6. The van der Waals surface area contributed by atoms with Gasteiger partial charge in [0.05, 0.1) is 6.04 Å². The van der Waals surface area contributed by atoms with Crippen molar-refractivity contribution in [3.05, 3.63) is 77.4 Å². The summed E-state index contributed by atoms with van der Waals surface area (Å²) < 4.78 is 27.9. The van der Waals surface area contributed by atoms with E-state index in [1.807, 2.05) is 36.4 Å². The minimum atomic E-state index is -0.496. The predicted octanol–water partition coefficient (Wildman–Crippen LogP) is 4.06. The molecule has 0 bridgehead atoms. The minimum absolute atomic E-state index is 0.0497. The number of hydrogen-bond donors (Lipinski definition) is 1. The molecule has 2 unspecified atom stereocenters. The Morgan fingerprint density at radius 3 is 2.59 bits per heavy atom. The molecule has 3 nitrogen and oxygen atoms in total. The molecule has 4 rings (SSSR count). The molecule has 0 saturated heterocycles. The third-order valence-electron chi connectivity index (χ3n) is 5.41. The van der Waals surface area contributed by atoms with E-state index in [2.05, 4.69) is 0 Å². The SMILES string of the molecule is NC(CC(=O)N1CC(c2cc(F)ccc2F)=CC1c1ccccc1)C1CC1. The number of carbonyl (C=O) groups excluding carboxylic acids is 1. The fourth-order valence-corrected chi connectivity index (χ4v) is 3.71. The molecular formula is C22H22F2N2O. The highest BCUT2D eigenvalue weighted by atomic mass is 19.1. The predicted molar refractivity (Wildman–Crippen MR) is 101 cm³/mol. The van der Waals surface area contributed by atoms with Gasteiger partial charge in [-0.1, -0.05) is 36.4 Å². The number of benzene rings is 2. The van der Waals surface area contributed by atoms with Gasteiger partial charge in [0, 0.05) is 24.6 Å². The van der Waals surface area contributed by atoms with Crippen molar-refractivity contribution >= 4 is 11.5 Å². The molecule has 27 heavy (non-hydrogen) atoms. The Balaban J connectivity index is 1.64. The maximum absolute atomic E-state index is 14.3. The lowest BCUT2D eigenvalue weighted by Crippen LogP contribution is -2.37. The molecule has 1 saturated carbocycles. The second-order valence-corrected chi connectivity index (χ2v) is 7.40. The zero-order chi connectivity index (χ0) is 19.0. The zero-order valence-electron chi connectivity index (χ0n) is 14.9. The third kappa shape index (κ3) is 3.78. The number of carbonyl (C=O) groups is 1. The number of amides is 1. The van der Waals surface area contributed by atoms with Crippen molar-refractivity contribution in [1.29, 1.82) is 0 Å². The Kier molecular flexibility index (Phi) is 4.79. The van der Waals surface area contributed by atoms with Crippen molar-refractivity contribution in [2.24, 2.45) is 11.7 Å². The van der Waals surface area contributed by atoms with E-state index in [0.717, 1.165) is 30.5 Å². The first kappa shape index (κ1) is 17.9. The van der Waals surface area contributed by atoms with E-state index in [4.69, 9.17) is 5.73 Å². The molecule has 0 spiro atoms. The van der Waals surface area contributed by atoms with E-state index >= 15 is 0 Å². The Bertz CT molecular complexity index is 877. The van der Waals surface area contributed by atoms with Gasteiger partial charge in [0.2, 0.25) is 5.91 Å². The lowest BCUT2D eigenvalue weighted by atomic mass is 10.0. The van der Waals surface area contributed by atoms with Gasteiger partial charge in [-0.05, 0) is 48.1 Å². The summed E-state index contributed by atoms with van der Waals surface area (Å²) in [7, 11) is 0. The van der Waals surface area contributed by atoms with Crippen molar-refractivity contribution < 1.29 is 13.6 Å². The molecule has 2 aromatic rings. The molecule has 2 atom stereocenters. The smallest absolute Gasteiger partial charge is 0.225 e. The van der Waals surface area contributed by atoms with Crippen LogP contribution in [0.1, 0.15) is 36.4 Å². The Morgan fingerprint density at radius 1 is 1.15 bits per heavy atom. The van der Waals surface area contributed by atoms with Crippen LogP contribution >= 0.6 is 0 Å². The van der Waals surface area contributed by atoms with Crippen LogP contribution in [0, 0.1) is 17.6 Å². The van der Waals surface area contributed by atoms with Crippen LogP contribution in [0.25, 0.3) is 5.57 Å². The molecule has 1 fully saturated rings. The van der Waals surface area contributed by atoms with Gasteiger partial charge in [0.25, 0.3) is 0 Å². The Hall–Kier alpha value is -2.53. The van der Waals surface area contributed by atoms with Gasteiger partial charge in [-0.25, -0.2) is 8.78 Å². The van der Waals surface area contributed by atoms with Crippen molar-refractivity contribution in [2.75, 3.05) is 6.54 Å². The average molecular weight is 368 g/mol. The summed E-state index contributed by atoms with van der Waals surface area (Å²) in [5, 5.41) is 0. The van der Waals surface area contributed by atoms with E-state index in [1.165, 1.54) is 6.07 Å². The monoisotopic (exact) mass is 368 g/mol. The summed E-state index contributed by atoms with van der Waals surface area (Å²) >= 11 is 0. The molecular weight excluding hydrogens is 346 g/mol. The molecule has 2 aromatic carbocycles. The van der Waals surface area contributed by atoms with Crippen molar-refractivity contribution in [2.45, 2.75) is 31.3 Å². The number of hydrogen-bond acceptors (Lipinski definition) is 2. The molecule has 0 aromatic heterocycles. The summed E-state index contributed by atoms with van der Waals surface area (Å²) in [6.07, 6.45) is 4.29. The highest BCUT2D eigenvalue weighted by Gasteiger charge is 2.35. The lowest BCUT2D eigenvalue weighted by Gasteiger charge is -2.26. The maximum Gasteiger partial charge on any atom is 0.225 e. The second-order valence-electron chi connectivity index (χ2n) is 7.40. The minimum Gasteiger partial charge on any atom is -0.328 e. The summed E-state index contributed by atoms with van der Waals surface area (Å²) in [4.78, 5) is 14.7. The first-order chi connectivity index (χ1) is 13.0. The van der Waals surface area contributed by atoms with Gasteiger partial charge in [-0.2, -0.15) is 0 Å². The molecule has 1 heterocycles. The van der Waals surface area contributed by atoms with Gasteiger partial charge in [0.15, 0.2) is 0 Å². The number of rotatable bonds is 5. The van der Waals surface area contributed by atoms with Gasteiger partial charge >= 0.3 is 0 Å². The zero-order valence-corrected chi connectivity index (χ0v) is 14.9. The van der Waals surface area contributed by atoms with E-state index in [0.29, 0.717) is 11.5 Å². The van der Waals surface area contributed by atoms with Crippen LogP contribution in [0.5, 0.6) is 0 Å². The molecule has 140 valence electrons. The van der Waals surface area contributed by atoms with Crippen LogP contribution in [0.3, 0.4) is 0 Å². The first-order valence-corrected chi connectivity index (χ1v) is 9.29. The summed E-state index contributed by atoms with van der Waals surface area (Å²) in [6.45, 7) is 0.246. The number of halogens is 2. The molecule has 5 heteroatoms.